The summed E-state index contributed by atoms with van der Waals surface area (Å²) in [7, 11) is 0. The molecule has 0 aliphatic carbocycles. The molecule has 4 nitrogen and oxygen atoms in total. The number of carbonyl (C=O) groups excluding carboxylic acids is 1. The van der Waals surface area contributed by atoms with Gasteiger partial charge in [-0.2, -0.15) is 5.10 Å². The molecule has 0 atom stereocenters. The third kappa shape index (κ3) is 3.90. The summed E-state index contributed by atoms with van der Waals surface area (Å²) in [4.78, 5) is 11.3. The van der Waals surface area contributed by atoms with Crippen LogP contribution in [0.5, 0.6) is 0 Å². The van der Waals surface area contributed by atoms with E-state index in [9.17, 15) is 4.79 Å². The van der Waals surface area contributed by atoms with Gasteiger partial charge in [0.15, 0.2) is 0 Å². The summed E-state index contributed by atoms with van der Waals surface area (Å²) in [5, 5.41) is 3.98. The van der Waals surface area contributed by atoms with Gasteiger partial charge in [0.1, 0.15) is 5.71 Å². The quantitative estimate of drug-likeness (QED) is 0.495. The Hall–Kier alpha value is -1.84. The lowest BCUT2D eigenvalue weighted by Gasteiger charge is -2.05. The van der Waals surface area contributed by atoms with Crippen molar-refractivity contribution in [3.05, 3.63) is 29.3 Å². The number of nitrogens with zero attached hydrogens (tertiary/aromatic N) is 1. The molecule has 1 N–H and O–H groups in total. The van der Waals surface area contributed by atoms with E-state index in [-0.39, 0.29) is 0 Å². The van der Waals surface area contributed by atoms with E-state index in [0.29, 0.717) is 12.3 Å². The number of nitrogens with one attached hydrogen (secondary N) is 1. The highest BCUT2D eigenvalue weighted by Crippen LogP contribution is 2.13. The summed E-state index contributed by atoms with van der Waals surface area (Å²) in [6.07, 6.45) is 0. The van der Waals surface area contributed by atoms with Crippen molar-refractivity contribution < 1.29 is 9.53 Å². The maximum atomic E-state index is 11.3. The number of benzene rings is 1. The molecule has 0 radical (unpaired) electrons. The van der Waals surface area contributed by atoms with Crippen LogP contribution in [0.4, 0.5) is 5.69 Å². The van der Waals surface area contributed by atoms with Gasteiger partial charge in [-0.3, -0.25) is 5.43 Å². The summed E-state index contributed by atoms with van der Waals surface area (Å²) < 4.78 is 4.83. The van der Waals surface area contributed by atoms with Crippen molar-refractivity contribution in [1.29, 1.82) is 0 Å². The molecule has 1 rings (SSSR count). The molecule has 0 saturated heterocycles. The predicted molar refractivity (Wildman–Crippen MR) is 69.3 cm³/mol. The van der Waals surface area contributed by atoms with Crippen molar-refractivity contribution in [2.75, 3.05) is 12.0 Å². The Bertz CT molecular complexity index is 439. The lowest BCUT2D eigenvalue weighted by atomic mass is 10.1. The van der Waals surface area contributed by atoms with Gasteiger partial charge in [-0.25, -0.2) is 4.79 Å². The summed E-state index contributed by atoms with van der Waals surface area (Å²) in [5.74, 6) is -0.399. The number of hydrogen-bond acceptors (Lipinski definition) is 4. The number of anilines is 1. The number of ether oxygens (including phenoxy) is 1. The van der Waals surface area contributed by atoms with Crippen LogP contribution in [0.3, 0.4) is 0 Å². The first kappa shape index (κ1) is 13.2. The maximum Gasteiger partial charge on any atom is 0.354 e. The van der Waals surface area contributed by atoms with Gasteiger partial charge in [-0.05, 0) is 51.0 Å². The Morgan fingerprint density at radius 1 is 1.35 bits per heavy atom. The summed E-state index contributed by atoms with van der Waals surface area (Å²) in [6, 6.07) is 5.91. The van der Waals surface area contributed by atoms with Gasteiger partial charge in [-0.1, -0.05) is 6.07 Å². The van der Waals surface area contributed by atoms with E-state index in [4.69, 9.17) is 4.74 Å². The van der Waals surface area contributed by atoms with Crippen LogP contribution in [0.25, 0.3) is 0 Å². The zero-order valence-corrected chi connectivity index (χ0v) is 10.7. The SMILES string of the molecule is CCOC(=O)C(C)=NNc1ccc(C)c(C)c1. The van der Waals surface area contributed by atoms with Crippen molar-refractivity contribution in [3.63, 3.8) is 0 Å². The summed E-state index contributed by atoms with van der Waals surface area (Å²) in [6.45, 7) is 7.82. The molecule has 0 saturated carbocycles. The first-order valence-electron chi connectivity index (χ1n) is 5.59. The van der Waals surface area contributed by atoms with Crippen molar-refractivity contribution >= 4 is 17.4 Å². The van der Waals surface area contributed by atoms with E-state index in [2.05, 4.69) is 10.5 Å². The highest BCUT2D eigenvalue weighted by molar-refractivity contribution is 6.35. The second-order valence-corrected chi connectivity index (χ2v) is 3.83. The number of carbonyl (C=O) groups is 1. The molecule has 0 amide bonds. The smallest absolute Gasteiger partial charge is 0.354 e. The Kier molecular flexibility index (Phi) is 4.69. The Morgan fingerprint density at radius 2 is 2.06 bits per heavy atom. The second-order valence-electron chi connectivity index (χ2n) is 3.83. The standard InChI is InChI=1S/C13H18N2O2/c1-5-17-13(16)11(4)14-15-12-7-6-9(2)10(3)8-12/h6-8,15H,5H2,1-4H3. The van der Waals surface area contributed by atoms with Gasteiger partial charge < -0.3 is 4.74 Å². The van der Waals surface area contributed by atoms with Crippen LogP contribution in [0.1, 0.15) is 25.0 Å². The van der Waals surface area contributed by atoms with Crippen LogP contribution in [-0.4, -0.2) is 18.3 Å². The molecule has 4 heteroatoms. The number of hydrazone groups is 1. The highest BCUT2D eigenvalue weighted by atomic mass is 16.5. The van der Waals surface area contributed by atoms with Crippen LogP contribution in [0.2, 0.25) is 0 Å². The van der Waals surface area contributed by atoms with Crippen molar-refractivity contribution in [1.82, 2.24) is 0 Å². The van der Waals surface area contributed by atoms with Crippen molar-refractivity contribution in [2.24, 2.45) is 5.10 Å². The van der Waals surface area contributed by atoms with E-state index in [1.807, 2.05) is 32.0 Å². The van der Waals surface area contributed by atoms with E-state index < -0.39 is 5.97 Å². The van der Waals surface area contributed by atoms with Crippen LogP contribution < -0.4 is 5.43 Å². The molecule has 0 aromatic heterocycles. The van der Waals surface area contributed by atoms with Gasteiger partial charge in [0.2, 0.25) is 0 Å². The number of esters is 1. The zero-order chi connectivity index (χ0) is 12.8. The number of rotatable bonds is 4. The first-order chi connectivity index (χ1) is 8.04. The van der Waals surface area contributed by atoms with Gasteiger partial charge in [0, 0.05) is 0 Å². The van der Waals surface area contributed by atoms with E-state index in [0.717, 1.165) is 5.69 Å². The predicted octanol–water partition coefficient (Wildman–Crippen LogP) is 2.65. The van der Waals surface area contributed by atoms with E-state index in [1.165, 1.54) is 11.1 Å². The lowest BCUT2D eigenvalue weighted by Crippen LogP contribution is -2.15. The minimum atomic E-state index is -0.399. The minimum Gasteiger partial charge on any atom is -0.461 e. The van der Waals surface area contributed by atoms with Gasteiger partial charge in [0.05, 0.1) is 12.3 Å². The third-order valence-electron chi connectivity index (χ3n) is 2.43. The minimum absolute atomic E-state index is 0.310. The lowest BCUT2D eigenvalue weighted by molar-refractivity contribution is -0.135. The van der Waals surface area contributed by atoms with E-state index in [1.54, 1.807) is 13.8 Å². The molecule has 0 unspecified atom stereocenters. The van der Waals surface area contributed by atoms with Crippen molar-refractivity contribution in [3.8, 4) is 0 Å². The van der Waals surface area contributed by atoms with Crippen LogP contribution in [0, 0.1) is 13.8 Å². The molecule has 0 aliphatic rings. The number of hydrogen-bond donors (Lipinski definition) is 1. The Balaban J connectivity index is 2.69. The summed E-state index contributed by atoms with van der Waals surface area (Å²) >= 11 is 0. The molecular weight excluding hydrogens is 216 g/mol. The number of aryl methyl sites for hydroxylation is 2. The van der Waals surface area contributed by atoms with Crippen molar-refractivity contribution in [2.45, 2.75) is 27.7 Å². The molecule has 1 aromatic rings. The van der Waals surface area contributed by atoms with Crippen LogP contribution in [-0.2, 0) is 9.53 Å². The van der Waals surface area contributed by atoms with Crippen LogP contribution in [0.15, 0.2) is 23.3 Å². The van der Waals surface area contributed by atoms with Gasteiger partial charge >= 0.3 is 5.97 Å². The fourth-order valence-corrected chi connectivity index (χ4v) is 1.24. The molecule has 1 aromatic carbocycles. The highest BCUT2D eigenvalue weighted by Gasteiger charge is 2.05. The van der Waals surface area contributed by atoms with E-state index >= 15 is 0 Å². The van der Waals surface area contributed by atoms with Gasteiger partial charge in [-0.15, -0.1) is 0 Å². The average molecular weight is 234 g/mol. The maximum absolute atomic E-state index is 11.3. The molecule has 92 valence electrons. The fourth-order valence-electron chi connectivity index (χ4n) is 1.24. The molecule has 0 fully saturated rings. The molecule has 0 bridgehead atoms. The molecular formula is C13H18N2O2. The third-order valence-corrected chi connectivity index (χ3v) is 2.43. The molecule has 0 heterocycles. The van der Waals surface area contributed by atoms with Crippen LogP contribution >= 0.6 is 0 Å². The summed E-state index contributed by atoms with van der Waals surface area (Å²) in [5.41, 5.74) is 6.41. The monoisotopic (exact) mass is 234 g/mol. The molecule has 17 heavy (non-hydrogen) atoms. The molecule has 0 spiro atoms. The zero-order valence-electron chi connectivity index (χ0n) is 10.7. The average Bonchev–Trinajstić information content (AvgIpc) is 2.30. The topological polar surface area (TPSA) is 50.7 Å². The normalized spacial score (nSPS) is 11.2. The second kappa shape index (κ2) is 6.03. The first-order valence-corrected chi connectivity index (χ1v) is 5.59. The largest absolute Gasteiger partial charge is 0.461 e. The fraction of sp³-hybridized carbons (Fsp3) is 0.385. The Morgan fingerprint density at radius 3 is 2.65 bits per heavy atom. The molecule has 0 aliphatic heterocycles. The Labute approximate surface area is 102 Å². The van der Waals surface area contributed by atoms with Gasteiger partial charge in [0.25, 0.3) is 0 Å².